The lowest BCUT2D eigenvalue weighted by atomic mass is 10.0. The average Bonchev–Trinajstić information content (AvgIpc) is 3.36. The van der Waals surface area contributed by atoms with Crippen LogP contribution in [0, 0.1) is 11.8 Å². The van der Waals surface area contributed by atoms with E-state index in [0.717, 1.165) is 54.8 Å². The highest BCUT2D eigenvalue weighted by Gasteiger charge is 2.57. The Morgan fingerprint density at radius 2 is 1.55 bits per heavy atom. The second kappa shape index (κ2) is 11.6. The summed E-state index contributed by atoms with van der Waals surface area (Å²) < 4.78 is 2.27. The van der Waals surface area contributed by atoms with Crippen molar-refractivity contribution in [1.29, 1.82) is 0 Å². The molecular weight excluding hydrogens is 548 g/mol. The monoisotopic (exact) mass is 586 g/mol. The van der Waals surface area contributed by atoms with Gasteiger partial charge in [-0.3, -0.25) is 14.6 Å². The van der Waals surface area contributed by atoms with E-state index in [2.05, 4.69) is 105 Å². The molecule has 1 saturated heterocycles. The minimum Gasteiger partial charge on any atom is -0.477 e. The minimum absolute atomic E-state index is 0.220. The van der Waals surface area contributed by atoms with Crippen molar-refractivity contribution in [3.8, 4) is 11.3 Å². The maximum atomic E-state index is 12.5. The highest BCUT2D eigenvalue weighted by molar-refractivity contribution is 5.89. The molecule has 3 atom stereocenters. The van der Waals surface area contributed by atoms with Crippen LogP contribution in [0.2, 0.25) is 0 Å². The second-order valence-corrected chi connectivity index (χ2v) is 12.4. The Morgan fingerprint density at radius 1 is 0.909 bits per heavy atom. The average molecular weight is 587 g/mol. The van der Waals surface area contributed by atoms with Gasteiger partial charge in [0.2, 0.25) is 0 Å². The lowest BCUT2D eigenvalue weighted by Crippen LogP contribution is -2.34. The molecule has 44 heavy (non-hydrogen) atoms. The predicted octanol–water partition coefficient (Wildman–Crippen LogP) is 5.93. The van der Waals surface area contributed by atoms with Gasteiger partial charge in [-0.05, 0) is 64.8 Å². The summed E-state index contributed by atoms with van der Waals surface area (Å²) >= 11 is 0. The molecule has 3 heterocycles. The Labute approximate surface area is 257 Å². The number of aromatic amines is 1. The molecule has 2 N–H and O–H groups in total. The van der Waals surface area contributed by atoms with Crippen molar-refractivity contribution in [2.45, 2.75) is 39.0 Å². The highest BCUT2D eigenvalue weighted by Crippen LogP contribution is 2.50. The molecule has 7 nitrogen and oxygen atoms in total. The van der Waals surface area contributed by atoms with Crippen LogP contribution in [0.15, 0.2) is 95.8 Å². The summed E-state index contributed by atoms with van der Waals surface area (Å²) in [5.74, 6) is 0.185. The summed E-state index contributed by atoms with van der Waals surface area (Å²) in [5, 5.41) is 10.5. The summed E-state index contributed by atoms with van der Waals surface area (Å²) in [6.07, 6.45) is 0.622. The van der Waals surface area contributed by atoms with E-state index in [0.29, 0.717) is 30.0 Å². The van der Waals surface area contributed by atoms with Gasteiger partial charge in [-0.15, -0.1) is 0 Å². The van der Waals surface area contributed by atoms with Gasteiger partial charge in [0.1, 0.15) is 5.56 Å². The molecule has 0 radical (unpaired) electrons. The van der Waals surface area contributed by atoms with E-state index in [4.69, 9.17) is 0 Å². The topological polar surface area (TPSA) is 81.6 Å². The zero-order chi connectivity index (χ0) is 30.4. The Hall–Kier alpha value is -4.46. The Balaban J connectivity index is 1.07. The second-order valence-electron chi connectivity index (χ2n) is 12.4. The van der Waals surface area contributed by atoms with Crippen LogP contribution in [0.3, 0.4) is 0 Å². The molecule has 3 aromatic carbocycles. The number of pyridine rings is 1. The van der Waals surface area contributed by atoms with Crippen LogP contribution in [0.5, 0.6) is 0 Å². The van der Waals surface area contributed by atoms with Crippen LogP contribution >= 0.6 is 0 Å². The number of H-pyrrole nitrogens is 1. The van der Waals surface area contributed by atoms with Gasteiger partial charge < -0.3 is 14.7 Å². The van der Waals surface area contributed by atoms with E-state index in [1.807, 2.05) is 13.0 Å². The summed E-state index contributed by atoms with van der Waals surface area (Å²) in [7, 11) is 2.12. The molecule has 0 amide bonds. The van der Waals surface area contributed by atoms with Crippen molar-refractivity contribution in [2.24, 2.45) is 18.9 Å². The maximum absolute atomic E-state index is 12.5. The number of rotatable bonds is 10. The molecule has 2 aliphatic rings. The van der Waals surface area contributed by atoms with E-state index >= 15 is 0 Å². The Kier molecular flexibility index (Phi) is 7.44. The number of likely N-dealkylation sites (tertiary alicyclic amines) is 1. The highest BCUT2D eigenvalue weighted by atomic mass is 16.4. The smallest absolute Gasteiger partial charge is 0.341 e. The van der Waals surface area contributed by atoms with Gasteiger partial charge in [-0.1, -0.05) is 73.7 Å². The number of nitrogens with zero attached hydrogens (tertiary/aromatic N) is 3. The fourth-order valence-corrected chi connectivity index (χ4v) is 7.37. The van der Waals surface area contributed by atoms with Crippen molar-refractivity contribution in [3.05, 3.63) is 129 Å². The lowest BCUT2D eigenvalue weighted by Gasteiger charge is -2.28. The Bertz CT molecular complexity index is 1820. The number of aromatic nitrogens is 2. The number of piperidine rings is 1. The van der Waals surface area contributed by atoms with Crippen LogP contribution in [0.25, 0.3) is 22.2 Å². The number of carboxylic acids is 1. The van der Waals surface area contributed by atoms with Crippen LogP contribution in [0.4, 0.5) is 0 Å². The maximum Gasteiger partial charge on any atom is 0.341 e. The van der Waals surface area contributed by atoms with Crippen molar-refractivity contribution >= 4 is 16.9 Å². The molecule has 5 aromatic rings. The molecular formula is C37H38N4O3. The van der Waals surface area contributed by atoms with Crippen molar-refractivity contribution < 1.29 is 9.90 Å². The number of nitrogens with one attached hydrogen (secondary N) is 1. The van der Waals surface area contributed by atoms with Gasteiger partial charge >= 0.3 is 5.97 Å². The quantitative estimate of drug-likeness (QED) is 0.212. The number of carbonyl (C=O) groups is 1. The molecule has 1 aliphatic heterocycles. The predicted molar refractivity (Wildman–Crippen MR) is 173 cm³/mol. The molecule has 0 spiro atoms. The van der Waals surface area contributed by atoms with Crippen LogP contribution < -0.4 is 5.56 Å². The summed E-state index contributed by atoms with van der Waals surface area (Å²) in [6.45, 7) is 7.04. The van der Waals surface area contributed by atoms with Gasteiger partial charge in [0.15, 0.2) is 0 Å². The molecule has 1 saturated carbocycles. The molecule has 2 fully saturated rings. The zero-order valence-electron chi connectivity index (χ0n) is 25.2. The summed E-state index contributed by atoms with van der Waals surface area (Å²) in [6, 6.07) is 32.2. The molecule has 7 heteroatoms. The fourth-order valence-electron chi connectivity index (χ4n) is 7.37. The van der Waals surface area contributed by atoms with Crippen LogP contribution in [0.1, 0.15) is 39.7 Å². The lowest BCUT2D eigenvalue weighted by molar-refractivity contribution is 0.0695. The van der Waals surface area contributed by atoms with E-state index in [9.17, 15) is 14.7 Å². The largest absolute Gasteiger partial charge is 0.477 e. The number of hydrogen-bond donors (Lipinski definition) is 2. The molecule has 1 aliphatic carbocycles. The number of aromatic carboxylic acids is 1. The van der Waals surface area contributed by atoms with E-state index in [-0.39, 0.29) is 5.56 Å². The van der Waals surface area contributed by atoms with E-state index in [1.165, 1.54) is 22.9 Å². The fraction of sp³-hybridized carbons (Fsp3) is 0.297. The van der Waals surface area contributed by atoms with Crippen LogP contribution in [-0.4, -0.2) is 49.6 Å². The third kappa shape index (κ3) is 5.38. The van der Waals surface area contributed by atoms with E-state index in [1.54, 1.807) is 0 Å². The molecule has 224 valence electrons. The number of benzene rings is 3. The normalized spacial score (nSPS) is 19.5. The van der Waals surface area contributed by atoms with Crippen molar-refractivity contribution in [2.75, 3.05) is 13.1 Å². The van der Waals surface area contributed by atoms with Crippen molar-refractivity contribution in [3.63, 3.8) is 0 Å². The number of hydrogen-bond acceptors (Lipinski definition) is 4. The van der Waals surface area contributed by atoms with Gasteiger partial charge in [0.05, 0.1) is 5.69 Å². The molecule has 2 aromatic heterocycles. The van der Waals surface area contributed by atoms with Gasteiger partial charge in [0, 0.05) is 62.4 Å². The summed E-state index contributed by atoms with van der Waals surface area (Å²) in [5.41, 5.74) is 6.76. The minimum atomic E-state index is -1.21. The molecule has 7 rings (SSSR count). The van der Waals surface area contributed by atoms with Gasteiger partial charge in [0.25, 0.3) is 5.56 Å². The van der Waals surface area contributed by atoms with Gasteiger partial charge in [-0.25, -0.2) is 4.79 Å². The van der Waals surface area contributed by atoms with Gasteiger partial charge in [-0.2, -0.15) is 0 Å². The first-order chi connectivity index (χ1) is 21.4. The third-order valence-electron chi connectivity index (χ3n) is 9.65. The third-order valence-corrected chi connectivity index (χ3v) is 9.65. The zero-order valence-corrected chi connectivity index (χ0v) is 25.2. The first-order valence-electron chi connectivity index (χ1n) is 15.5. The van der Waals surface area contributed by atoms with E-state index < -0.39 is 11.5 Å². The first-order valence-corrected chi connectivity index (χ1v) is 15.5. The molecule has 0 bridgehead atoms. The number of aryl methyl sites for hydroxylation is 2. The Morgan fingerprint density at radius 3 is 2.14 bits per heavy atom. The van der Waals surface area contributed by atoms with Crippen LogP contribution in [-0.2, 0) is 33.1 Å². The van der Waals surface area contributed by atoms with Crippen molar-refractivity contribution in [1.82, 2.24) is 19.4 Å². The number of carboxylic acid groups (broad SMARTS) is 1. The molecule has 0 unspecified atom stereocenters. The summed E-state index contributed by atoms with van der Waals surface area (Å²) in [4.78, 5) is 32.1. The first kappa shape index (κ1) is 28.3. The number of fused-ring (bicyclic) bond motifs is 2. The SMILES string of the molecule is CCc1cc(C(=O)O)c(=O)[nH]c1-c1ccc2c(c1)cc(CN1C[C@@H]3[C@H](C1)[C@H]3N(Cc1ccccc1)Cc1ccccc1)n2C. The standard InChI is InChI=1S/C37H38N4O3/c1-3-26-18-30(37(43)44)36(42)38-34(26)27-14-15-33-28(16-27)17-29(39(33)2)21-40-22-31-32(23-40)35(31)41(19-24-10-6-4-7-11-24)20-25-12-8-5-9-13-25/h4-18,31-32,35H,3,19-23H2,1-2H3,(H,38,42)(H,43,44)/t31-,32+,35+.